The number of aromatic nitrogens is 1. The number of benzene rings is 1. The molecule has 0 aliphatic rings. The van der Waals surface area contributed by atoms with Crippen LogP contribution in [-0.2, 0) is 6.54 Å². The quantitative estimate of drug-likeness (QED) is 0.685. The molecular formula is C13H9ClF4N2O. The number of ether oxygens (including phenoxy) is 1. The number of halogens is 5. The van der Waals surface area contributed by atoms with Gasteiger partial charge >= 0.3 is 0 Å². The summed E-state index contributed by atoms with van der Waals surface area (Å²) >= 11 is 5.81. The van der Waals surface area contributed by atoms with Gasteiger partial charge in [0.2, 0.25) is 11.6 Å². The monoisotopic (exact) mass is 320 g/mol. The zero-order chi connectivity index (χ0) is 15.6. The topological polar surface area (TPSA) is 34.1 Å². The number of rotatable bonds is 4. The van der Waals surface area contributed by atoms with Crippen LogP contribution in [-0.4, -0.2) is 12.1 Å². The Morgan fingerprint density at radius 1 is 1.14 bits per heavy atom. The predicted molar refractivity (Wildman–Crippen MR) is 69.4 cm³/mol. The average Bonchev–Trinajstić information content (AvgIpc) is 2.45. The number of pyridine rings is 1. The van der Waals surface area contributed by atoms with E-state index in [1.807, 2.05) is 0 Å². The van der Waals surface area contributed by atoms with E-state index in [0.717, 1.165) is 0 Å². The Morgan fingerprint density at radius 3 is 2.33 bits per heavy atom. The van der Waals surface area contributed by atoms with Crippen LogP contribution in [0.3, 0.4) is 0 Å². The van der Waals surface area contributed by atoms with E-state index in [4.69, 9.17) is 16.3 Å². The van der Waals surface area contributed by atoms with E-state index in [1.165, 1.54) is 13.2 Å². The van der Waals surface area contributed by atoms with Crippen LogP contribution >= 0.6 is 11.6 Å². The van der Waals surface area contributed by atoms with Crippen molar-refractivity contribution < 1.29 is 22.3 Å². The summed E-state index contributed by atoms with van der Waals surface area (Å²) in [5, 5.41) is 2.65. The lowest BCUT2D eigenvalue weighted by molar-refractivity contribution is 0.407. The second-order valence-corrected chi connectivity index (χ2v) is 4.44. The van der Waals surface area contributed by atoms with Crippen molar-refractivity contribution in [2.45, 2.75) is 6.54 Å². The van der Waals surface area contributed by atoms with Crippen LogP contribution in [0.1, 0.15) is 5.56 Å². The third-order valence-electron chi connectivity index (χ3n) is 2.70. The highest BCUT2D eigenvalue weighted by molar-refractivity contribution is 6.30. The largest absolute Gasteiger partial charge is 0.496 e. The fourth-order valence-electron chi connectivity index (χ4n) is 1.71. The van der Waals surface area contributed by atoms with Gasteiger partial charge in [0.1, 0.15) is 11.4 Å². The minimum atomic E-state index is -1.73. The van der Waals surface area contributed by atoms with Crippen LogP contribution in [0.2, 0.25) is 5.02 Å². The van der Waals surface area contributed by atoms with E-state index in [-0.39, 0.29) is 6.54 Å². The van der Waals surface area contributed by atoms with Crippen molar-refractivity contribution in [3.63, 3.8) is 0 Å². The van der Waals surface area contributed by atoms with Gasteiger partial charge in [-0.05, 0) is 18.2 Å². The molecular weight excluding hydrogens is 312 g/mol. The van der Waals surface area contributed by atoms with Gasteiger partial charge in [-0.3, -0.25) is 0 Å². The number of hydrogen-bond acceptors (Lipinski definition) is 3. The summed E-state index contributed by atoms with van der Waals surface area (Å²) in [5.41, 5.74) is -0.483. The summed E-state index contributed by atoms with van der Waals surface area (Å²) in [5.74, 6) is -6.25. The Hall–Kier alpha value is -2.02. The molecule has 1 heterocycles. The number of hydrogen-bond donors (Lipinski definition) is 1. The van der Waals surface area contributed by atoms with Crippen molar-refractivity contribution in [1.82, 2.24) is 4.98 Å². The first kappa shape index (κ1) is 15.4. The number of nitrogens with zero attached hydrogens (tertiary/aromatic N) is 1. The van der Waals surface area contributed by atoms with Crippen LogP contribution in [0.4, 0.5) is 23.2 Å². The Bertz CT molecular complexity index is 655. The highest BCUT2D eigenvalue weighted by atomic mass is 35.5. The molecule has 1 aromatic heterocycles. The molecule has 21 heavy (non-hydrogen) atoms. The molecule has 2 rings (SSSR count). The molecule has 0 saturated carbocycles. The first-order chi connectivity index (χ1) is 9.93. The molecule has 0 fully saturated rings. The lowest BCUT2D eigenvalue weighted by atomic mass is 10.2. The molecule has 0 amide bonds. The summed E-state index contributed by atoms with van der Waals surface area (Å²) in [6, 6.07) is 4.62. The summed E-state index contributed by atoms with van der Waals surface area (Å²) in [6.07, 6.45) is 0. The molecule has 0 radical (unpaired) electrons. The molecule has 112 valence electrons. The molecule has 0 bridgehead atoms. The minimum Gasteiger partial charge on any atom is -0.496 e. The van der Waals surface area contributed by atoms with Crippen LogP contribution < -0.4 is 10.1 Å². The maximum atomic E-state index is 13.4. The molecule has 3 nitrogen and oxygen atoms in total. The first-order valence-corrected chi connectivity index (χ1v) is 6.08. The number of anilines is 1. The van der Waals surface area contributed by atoms with E-state index in [0.29, 0.717) is 16.3 Å². The van der Waals surface area contributed by atoms with Gasteiger partial charge in [0, 0.05) is 17.1 Å². The van der Waals surface area contributed by atoms with Crippen molar-refractivity contribution in [3.05, 3.63) is 52.3 Å². The van der Waals surface area contributed by atoms with Gasteiger partial charge < -0.3 is 10.1 Å². The second kappa shape index (κ2) is 6.17. The van der Waals surface area contributed by atoms with Gasteiger partial charge in [0.25, 0.3) is 11.9 Å². The van der Waals surface area contributed by atoms with Crippen molar-refractivity contribution in [1.29, 1.82) is 0 Å². The van der Waals surface area contributed by atoms with E-state index in [9.17, 15) is 17.6 Å². The predicted octanol–water partition coefficient (Wildman–Crippen LogP) is 3.91. The molecule has 2 aromatic rings. The minimum absolute atomic E-state index is 0.152. The Labute approximate surface area is 122 Å². The maximum absolute atomic E-state index is 13.4. The Morgan fingerprint density at radius 2 is 1.76 bits per heavy atom. The molecule has 0 spiro atoms. The van der Waals surface area contributed by atoms with Gasteiger partial charge in [-0.15, -0.1) is 0 Å². The Kier molecular flexibility index (Phi) is 4.52. The molecule has 0 aliphatic carbocycles. The standard InChI is InChI=1S/C13H9ClF4N2O/c1-21-8-3-2-7(14)4-6(8)5-19-11-9(15)12(17)20-13(18)10(11)16/h2-4H,5H2,1H3,(H,19,20). The zero-order valence-corrected chi connectivity index (χ0v) is 11.4. The average molecular weight is 321 g/mol. The normalized spacial score (nSPS) is 10.6. The third-order valence-corrected chi connectivity index (χ3v) is 2.93. The van der Waals surface area contributed by atoms with Gasteiger partial charge in [-0.1, -0.05) is 11.6 Å². The molecule has 0 aliphatic heterocycles. The summed E-state index contributed by atoms with van der Waals surface area (Å²) < 4.78 is 57.9. The first-order valence-electron chi connectivity index (χ1n) is 5.70. The lowest BCUT2D eigenvalue weighted by Crippen LogP contribution is -2.10. The Balaban J connectivity index is 2.31. The highest BCUT2D eigenvalue weighted by Crippen LogP contribution is 2.26. The highest BCUT2D eigenvalue weighted by Gasteiger charge is 2.20. The molecule has 1 aromatic carbocycles. The van der Waals surface area contributed by atoms with E-state index in [2.05, 4.69) is 10.3 Å². The third kappa shape index (κ3) is 3.18. The molecule has 0 unspecified atom stereocenters. The van der Waals surface area contributed by atoms with E-state index < -0.39 is 29.2 Å². The molecule has 1 N–H and O–H groups in total. The lowest BCUT2D eigenvalue weighted by Gasteiger charge is -2.12. The van der Waals surface area contributed by atoms with Crippen molar-refractivity contribution in [3.8, 4) is 5.75 Å². The van der Waals surface area contributed by atoms with Gasteiger partial charge in [-0.25, -0.2) is 0 Å². The number of methoxy groups -OCH3 is 1. The summed E-state index contributed by atoms with van der Waals surface area (Å²) in [6.45, 7) is -0.152. The van der Waals surface area contributed by atoms with Crippen LogP contribution in [0, 0.1) is 23.5 Å². The fourth-order valence-corrected chi connectivity index (χ4v) is 1.91. The summed E-state index contributed by atoms with van der Waals surface area (Å²) in [7, 11) is 1.40. The number of nitrogens with one attached hydrogen (secondary N) is 1. The SMILES string of the molecule is COc1ccc(Cl)cc1CNc1c(F)c(F)nc(F)c1F. The summed E-state index contributed by atoms with van der Waals surface area (Å²) in [4.78, 5) is 2.47. The zero-order valence-electron chi connectivity index (χ0n) is 10.7. The fraction of sp³-hybridized carbons (Fsp3) is 0.154. The van der Waals surface area contributed by atoms with Gasteiger partial charge in [-0.2, -0.15) is 22.5 Å². The van der Waals surface area contributed by atoms with E-state index >= 15 is 0 Å². The van der Waals surface area contributed by atoms with Gasteiger partial charge in [0.15, 0.2) is 0 Å². The van der Waals surface area contributed by atoms with Crippen LogP contribution in [0.25, 0.3) is 0 Å². The second-order valence-electron chi connectivity index (χ2n) is 4.01. The van der Waals surface area contributed by atoms with Crippen LogP contribution in [0.15, 0.2) is 18.2 Å². The molecule has 0 saturated heterocycles. The van der Waals surface area contributed by atoms with Crippen LogP contribution in [0.5, 0.6) is 5.75 Å². The smallest absolute Gasteiger partial charge is 0.253 e. The maximum Gasteiger partial charge on any atom is 0.253 e. The van der Waals surface area contributed by atoms with E-state index in [1.54, 1.807) is 12.1 Å². The van der Waals surface area contributed by atoms with Crippen molar-refractivity contribution >= 4 is 17.3 Å². The van der Waals surface area contributed by atoms with Gasteiger partial charge in [0.05, 0.1) is 7.11 Å². The molecule has 0 atom stereocenters. The molecule has 8 heteroatoms. The van der Waals surface area contributed by atoms with Crippen molar-refractivity contribution in [2.24, 2.45) is 0 Å². The van der Waals surface area contributed by atoms with Crippen molar-refractivity contribution in [2.75, 3.05) is 12.4 Å².